The monoisotopic (exact) mass is 438 g/mol. The SMILES string of the molecule is CC(C)c1ccccc1OC(=O)c1ccc(OCCc2ccccc2)c(Br)c1. The molecule has 0 unspecified atom stereocenters. The van der Waals surface area contributed by atoms with E-state index in [4.69, 9.17) is 9.47 Å². The first kappa shape index (κ1) is 20.2. The van der Waals surface area contributed by atoms with Gasteiger partial charge in [-0.15, -0.1) is 0 Å². The third kappa shape index (κ3) is 5.23. The lowest BCUT2D eigenvalue weighted by molar-refractivity contribution is 0.0732. The van der Waals surface area contributed by atoms with Crippen LogP contribution in [0.2, 0.25) is 0 Å². The van der Waals surface area contributed by atoms with Gasteiger partial charge in [0.1, 0.15) is 11.5 Å². The van der Waals surface area contributed by atoms with Gasteiger partial charge < -0.3 is 9.47 Å². The Bertz CT molecular complexity index is 936. The quantitative estimate of drug-likeness (QED) is 0.315. The molecule has 0 spiro atoms. The second kappa shape index (κ2) is 9.56. The fourth-order valence-corrected chi connectivity index (χ4v) is 3.37. The normalized spacial score (nSPS) is 10.7. The molecule has 0 aliphatic rings. The number of rotatable bonds is 7. The van der Waals surface area contributed by atoms with E-state index in [9.17, 15) is 4.79 Å². The first-order valence-corrected chi connectivity index (χ1v) is 10.1. The fourth-order valence-electron chi connectivity index (χ4n) is 2.88. The molecule has 0 N–H and O–H groups in total. The smallest absolute Gasteiger partial charge is 0.343 e. The number of hydrogen-bond acceptors (Lipinski definition) is 3. The Morgan fingerprint density at radius 3 is 2.36 bits per heavy atom. The van der Waals surface area contributed by atoms with Gasteiger partial charge >= 0.3 is 5.97 Å². The maximum absolute atomic E-state index is 12.6. The Balaban J connectivity index is 1.64. The van der Waals surface area contributed by atoms with Crippen LogP contribution >= 0.6 is 15.9 Å². The molecule has 28 heavy (non-hydrogen) atoms. The molecule has 0 atom stereocenters. The zero-order valence-corrected chi connectivity index (χ0v) is 17.6. The van der Waals surface area contributed by atoms with Crippen molar-refractivity contribution in [2.24, 2.45) is 0 Å². The first-order chi connectivity index (χ1) is 13.5. The molecule has 0 aliphatic heterocycles. The number of ether oxygens (including phenoxy) is 2. The Hall–Kier alpha value is -2.59. The van der Waals surface area contributed by atoms with Gasteiger partial charge in [-0.1, -0.05) is 62.4 Å². The molecule has 0 saturated heterocycles. The highest BCUT2D eigenvalue weighted by Gasteiger charge is 2.15. The van der Waals surface area contributed by atoms with E-state index in [1.54, 1.807) is 18.2 Å². The number of para-hydroxylation sites is 1. The van der Waals surface area contributed by atoms with Crippen molar-refractivity contribution in [1.82, 2.24) is 0 Å². The third-order valence-electron chi connectivity index (χ3n) is 4.40. The van der Waals surface area contributed by atoms with Crippen LogP contribution in [0.25, 0.3) is 0 Å². The molecule has 3 rings (SSSR count). The van der Waals surface area contributed by atoms with Crippen molar-refractivity contribution in [2.75, 3.05) is 6.61 Å². The number of esters is 1. The molecule has 0 bridgehead atoms. The van der Waals surface area contributed by atoms with Gasteiger partial charge in [-0.25, -0.2) is 4.79 Å². The number of carbonyl (C=O) groups is 1. The van der Waals surface area contributed by atoms with E-state index in [1.807, 2.05) is 42.5 Å². The minimum absolute atomic E-state index is 0.274. The van der Waals surface area contributed by atoms with Crippen molar-refractivity contribution >= 4 is 21.9 Å². The molecule has 3 aromatic rings. The third-order valence-corrected chi connectivity index (χ3v) is 5.02. The van der Waals surface area contributed by atoms with E-state index >= 15 is 0 Å². The lowest BCUT2D eigenvalue weighted by atomic mass is 10.0. The highest BCUT2D eigenvalue weighted by Crippen LogP contribution is 2.29. The van der Waals surface area contributed by atoms with Crippen LogP contribution in [0.4, 0.5) is 0 Å². The maximum Gasteiger partial charge on any atom is 0.343 e. The van der Waals surface area contributed by atoms with E-state index in [2.05, 4.69) is 41.9 Å². The number of hydrogen-bond donors (Lipinski definition) is 0. The molecule has 0 saturated carbocycles. The second-order valence-electron chi connectivity index (χ2n) is 6.81. The zero-order valence-electron chi connectivity index (χ0n) is 16.0. The largest absolute Gasteiger partial charge is 0.492 e. The summed E-state index contributed by atoms with van der Waals surface area (Å²) in [6.07, 6.45) is 0.822. The van der Waals surface area contributed by atoms with Crippen LogP contribution in [-0.2, 0) is 6.42 Å². The van der Waals surface area contributed by atoms with Crippen LogP contribution in [-0.4, -0.2) is 12.6 Å². The van der Waals surface area contributed by atoms with Crippen LogP contribution in [0.1, 0.15) is 41.3 Å². The number of benzene rings is 3. The van der Waals surface area contributed by atoms with Gasteiger partial charge in [0.05, 0.1) is 16.6 Å². The number of carbonyl (C=O) groups excluding carboxylic acids is 1. The minimum Gasteiger partial charge on any atom is -0.492 e. The van der Waals surface area contributed by atoms with Crippen LogP contribution in [0, 0.1) is 0 Å². The molecular weight excluding hydrogens is 416 g/mol. The summed E-state index contributed by atoms with van der Waals surface area (Å²) in [5, 5.41) is 0. The summed E-state index contributed by atoms with van der Waals surface area (Å²) in [7, 11) is 0. The fraction of sp³-hybridized carbons (Fsp3) is 0.208. The molecule has 3 nitrogen and oxygen atoms in total. The maximum atomic E-state index is 12.6. The van der Waals surface area contributed by atoms with E-state index < -0.39 is 0 Å². The van der Waals surface area contributed by atoms with Gasteiger partial charge in [-0.05, 0) is 57.2 Å². The molecule has 0 aliphatic carbocycles. The predicted molar refractivity (Wildman–Crippen MR) is 115 cm³/mol. The molecule has 144 valence electrons. The van der Waals surface area contributed by atoms with Gasteiger partial charge in [0, 0.05) is 6.42 Å². The summed E-state index contributed by atoms with van der Waals surface area (Å²) in [5.41, 5.74) is 2.71. The Labute approximate surface area is 174 Å². The van der Waals surface area contributed by atoms with Gasteiger partial charge in [0.25, 0.3) is 0 Å². The van der Waals surface area contributed by atoms with Crippen molar-refractivity contribution in [1.29, 1.82) is 0 Å². The summed E-state index contributed by atoms with van der Waals surface area (Å²) < 4.78 is 12.2. The van der Waals surface area contributed by atoms with E-state index in [1.165, 1.54) is 5.56 Å². The van der Waals surface area contributed by atoms with Crippen molar-refractivity contribution in [3.63, 3.8) is 0 Å². The van der Waals surface area contributed by atoms with Crippen molar-refractivity contribution in [3.05, 3.63) is 94.0 Å². The zero-order chi connectivity index (χ0) is 19.9. The van der Waals surface area contributed by atoms with Crippen molar-refractivity contribution in [3.8, 4) is 11.5 Å². The average molecular weight is 439 g/mol. The summed E-state index contributed by atoms with van der Waals surface area (Å²) in [6, 6.07) is 23.1. The highest BCUT2D eigenvalue weighted by atomic mass is 79.9. The molecule has 4 heteroatoms. The van der Waals surface area contributed by atoms with Crippen molar-refractivity contribution < 1.29 is 14.3 Å². The lowest BCUT2D eigenvalue weighted by Gasteiger charge is -2.13. The van der Waals surface area contributed by atoms with E-state index in [0.717, 1.165) is 16.5 Å². The molecule has 3 aromatic carbocycles. The Morgan fingerprint density at radius 1 is 0.929 bits per heavy atom. The Morgan fingerprint density at radius 2 is 1.64 bits per heavy atom. The number of halogens is 1. The first-order valence-electron chi connectivity index (χ1n) is 9.32. The van der Waals surface area contributed by atoms with E-state index in [0.29, 0.717) is 23.7 Å². The predicted octanol–water partition coefficient (Wildman–Crippen LogP) is 6.41. The van der Waals surface area contributed by atoms with Crippen LogP contribution < -0.4 is 9.47 Å². The van der Waals surface area contributed by atoms with Gasteiger partial charge in [-0.3, -0.25) is 0 Å². The minimum atomic E-state index is -0.385. The molecular formula is C24H23BrO3. The highest BCUT2D eigenvalue weighted by molar-refractivity contribution is 9.10. The van der Waals surface area contributed by atoms with Crippen LogP contribution in [0.5, 0.6) is 11.5 Å². The van der Waals surface area contributed by atoms with Crippen LogP contribution in [0.15, 0.2) is 77.3 Å². The second-order valence-corrected chi connectivity index (χ2v) is 7.67. The van der Waals surface area contributed by atoms with E-state index in [-0.39, 0.29) is 11.9 Å². The summed E-state index contributed by atoms with van der Waals surface area (Å²) in [5.74, 6) is 1.19. The van der Waals surface area contributed by atoms with Gasteiger partial charge in [0.15, 0.2) is 0 Å². The lowest BCUT2D eigenvalue weighted by Crippen LogP contribution is -2.10. The molecule has 0 heterocycles. The molecule has 0 radical (unpaired) electrons. The molecule has 0 fully saturated rings. The van der Waals surface area contributed by atoms with Crippen LogP contribution in [0.3, 0.4) is 0 Å². The Kier molecular flexibility index (Phi) is 6.88. The van der Waals surface area contributed by atoms with Crippen molar-refractivity contribution in [2.45, 2.75) is 26.2 Å². The van der Waals surface area contributed by atoms with Gasteiger partial charge in [-0.2, -0.15) is 0 Å². The average Bonchev–Trinajstić information content (AvgIpc) is 2.70. The summed E-state index contributed by atoms with van der Waals surface area (Å²) >= 11 is 3.49. The van der Waals surface area contributed by atoms with Gasteiger partial charge in [0.2, 0.25) is 0 Å². The summed E-state index contributed by atoms with van der Waals surface area (Å²) in [6.45, 7) is 4.71. The summed E-state index contributed by atoms with van der Waals surface area (Å²) in [4.78, 5) is 12.6. The topological polar surface area (TPSA) is 35.5 Å². The standard InChI is InChI=1S/C24H23BrO3/c1-17(2)20-10-6-7-11-22(20)28-24(26)19-12-13-23(21(25)16-19)27-15-14-18-8-4-3-5-9-18/h3-13,16-17H,14-15H2,1-2H3. The molecule has 0 aromatic heterocycles. The molecule has 0 amide bonds.